The third-order valence-electron chi connectivity index (χ3n) is 2.66. The molecule has 0 aromatic carbocycles. The number of nitrogens with zero attached hydrogens (tertiary/aromatic N) is 2. The summed E-state index contributed by atoms with van der Waals surface area (Å²) < 4.78 is 1.48. The van der Waals surface area contributed by atoms with Crippen LogP contribution in [0.2, 0.25) is 0 Å². The lowest BCUT2D eigenvalue weighted by Crippen LogP contribution is -2.28. The van der Waals surface area contributed by atoms with Crippen LogP contribution in [0.15, 0.2) is 11.0 Å². The fraction of sp³-hybridized carbons (Fsp3) is 0.636. The topological polar surface area (TPSA) is 55.1 Å². The minimum absolute atomic E-state index is 0.0254. The zero-order chi connectivity index (χ0) is 11.4. The van der Waals surface area contributed by atoms with Crippen molar-refractivity contribution in [2.75, 3.05) is 0 Å². The quantitative estimate of drug-likeness (QED) is 0.827. The van der Waals surface area contributed by atoms with Crippen molar-refractivity contribution in [1.82, 2.24) is 9.78 Å². The Kier molecular flexibility index (Phi) is 3.88. The fourth-order valence-corrected chi connectivity index (χ4v) is 1.64. The van der Waals surface area contributed by atoms with E-state index in [-0.39, 0.29) is 17.4 Å². The van der Waals surface area contributed by atoms with Gasteiger partial charge in [-0.1, -0.05) is 20.3 Å². The largest absolute Gasteiger partial charge is 0.506 e. The molecule has 84 valence electrons. The Hall–Kier alpha value is -1.32. The molecule has 0 amide bonds. The summed E-state index contributed by atoms with van der Waals surface area (Å²) in [5, 5.41) is 13.3. The maximum atomic E-state index is 11.8. The van der Waals surface area contributed by atoms with Crippen molar-refractivity contribution in [3.8, 4) is 5.75 Å². The molecule has 1 rings (SSSR count). The molecule has 0 fully saturated rings. The van der Waals surface area contributed by atoms with E-state index in [4.69, 9.17) is 0 Å². The first kappa shape index (κ1) is 11.8. The highest BCUT2D eigenvalue weighted by Crippen LogP contribution is 2.16. The van der Waals surface area contributed by atoms with Crippen molar-refractivity contribution in [2.45, 2.75) is 46.1 Å². The highest BCUT2D eigenvalue weighted by Gasteiger charge is 2.13. The van der Waals surface area contributed by atoms with Crippen molar-refractivity contribution in [1.29, 1.82) is 0 Å². The summed E-state index contributed by atoms with van der Waals surface area (Å²) in [5.74, 6) is -0.0254. The lowest BCUT2D eigenvalue weighted by atomic mass is 10.1. The van der Waals surface area contributed by atoms with Crippen LogP contribution in [0.3, 0.4) is 0 Å². The van der Waals surface area contributed by atoms with E-state index < -0.39 is 0 Å². The van der Waals surface area contributed by atoms with Crippen molar-refractivity contribution >= 4 is 0 Å². The highest BCUT2D eigenvalue weighted by molar-refractivity contribution is 5.24. The van der Waals surface area contributed by atoms with Gasteiger partial charge in [0.05, 0.1) is 17.8 Å². The monoisotopic (exact) mass is 210 g/mol. The number of rotatable bonds is 4. The zero-order valence-corrected chi connectivity index (χ0v) is 9.53. The second kappa shape index (κ2) is 4.96. The summed E-state index contributed by atoms with van der Waals surface area (Å²) in [4.78, 5) is 11.8. The van der Waals surface area contributed by atoms with Gasteiger partial charge in [-0.05, 0) is 19.8 Å². The maximum Gasteiger partial charge on any atom is 0.273 e. The summed E-state index contributed by atoms with van der Waals surface area (Å²) >= 11 is 0. The zero-order valence-electron chi connectivity index (χ0n) is 9.53. The van der Waals surface area contributed by atoms with Crippen LogP contribution in [0.1, 0.15) is 44.7 Å². The van der Waals surface area contributed by atoms with Crippen LogP contribution >= 0.6 is 0 Å². The average Bonchev–Trinajstić information content (AvgIpc) is 2.24. The van der Waals surface area contributed by atoms with Gasteiger partial charge in [0.15, 0.2) is 0 Å². The second-order valence-electron chi connectivity index (χ2n) is 3.76. The smallest absolute Gasteiger partial charge is 0.273 e. The molecule has 1 N–H and O–H groups in total. The molecular formula is C11H18N2O2. The third-order valence-corrected chi connectivity index (χ3v) is 2.66. The molecular weight excluding hydrogens is 192 g/mol. The van der Waals surface area contributed by atoms with E-state index in [1.54, 1.807) is 6.92 Å². The predicted octanol–water partition coefficient (Wildman–Crippen LogP) is 2.01. The van der Waals surface area contributed by atoms with E-state index in [0.717, 1.165) is 19.3 Å². The van der Waals surface area contributed by atoms with E-state index in [2.05, 4.69) is 12.0 Å². The standard InChI is InChI=1S/C11H18N2O2/c1-4-6-9(5-2)13-11(15)8(3)10(14)7-12-13/h7,9,14H,4-6H2,1-3H3. The van der Waals surface area contributed by atoms with Gasteiger partial charge in [-0.2, -0.15) is 5.10 Å². The average molecular weight is 210 g/mol. The lowest BCUT2D eigenvalue weighted by Gasteiger charge is -2.16. The highest BCUT2D eigenvalue weighted by atomic mass is 16.3. The van der Waals surface area contributed by atoms with Crippen LogP contribution < -0.4 is 5.56 Å². The summed E-state index contributed by atoms with van der Waals surface area (Å²) in [6.07, 6.45) is 4.18. The molecule has 0 aliphatic rings. The van der Waals surface area contributed by atoms with Crippen molar-refractivity contribution < 1.29 is 5.11 Å². The molecule has 0 bridgehead atoms. The molecule has 0 saturated carbocycles. The van der Waals surface area contributed by atoms with Crippen molar-refractivity contribution in [3.63, 3.8) is 0 Å². The molecule has 1 aromatic heterocycles. The molecule has 4 nitrogen and oxygen atoms in total. The fourth-order valence-electron chi connectivity index (χ4n) is 1.64. The molecule has 0 aliphatic carbocycles. The van der Waals surface area contributed by atoms with E-state index in [0.29, 0.717) is 5.56 Å². The molecule has 1 atom stereocenters. The van der Waals surface area contributed by atoms with Gasteiger partial charge < -0.3 is 5.11 Å². The number of aromatic nitrogens is 2. The lowest BCUT2D eigenvalue weighted by molar-refractivity contribution is 0.379. The third kappa shape index (κ3) is 2.37. The summed E-state index contributed by atoms with van der Waals surface area (Å²) in [7, 11) is 0. The normalized spacial score (nSPS) is 12.7. The summed E-state index contributed by atoms with van der Waals surface area (Å²) in [6, 6.07) is 0.141. The molecule has 1 unspecified atom stereocenters. The molecule has 15 heavy (non-hydrogen) atoms. The van der Waals surface area contributed by atoms with E-state index in [1.165, 1.54) is 10.9 Å². The molecule has 0 spiro atoms. The molecule has 0 saturated heterocycles. The van der Waals surface area contributed by atoms with Crippen molar-refractivity contribution in [3.05, 3.63) is 22.1 Å². The molecule has 1 aromatic rings. The predicted molar refractivity (Wildman–Crippen MR) is 59.1 cm³/mol. The van der Waals surface area contributed by atoms with Crippen LogP contribution in [0.5, 0.6) is 5.75 Å². The van der Waals surface area contributed by atoms with Crippen LogP contribution in [0.25, 0.3) is 0 Å². The Morgan fingerprint density at radius 3 is 2.73 bits per heavy atom. The number of aromatic hydroxyl groups is 1. The SMILES string of the molecule is CCCC(CC)n1ncc(O)c(C)c1=O. The Labute approximate surface area is 89.6 Å². The number of hydrogen-bond donors (Lipinski definition) is 1. The maximum absolute atomic E-state index is 11.8. The Morgan fingerprint density at radius 1 is 1.53 bits per heavy atom. The first-order valence-electron chi connectivity index (χ1n) is 5.39. The van der Waals surface area contributed by atoms with Crippen LogP contribution in [0, 0.1) is 6.92 Å². The molecule has 0 aliphatic heterocycles. The summed E-state index contributed by atoms with van der Waals surface area (Å²) in [5.41, 5.74) is 0.190. The minimum Gasteiger partial charge on any atom is -0.506 e. The summed E-state index contributed by atoms with van der Waals surface area (Å²) in [6.45, 7) is 5.74. The van der Waals surface area contributed by atoms with Gasteiger partial charge in [0.1, 0.15) is 5.75 Å². The van der Waals surface area contributed by atoms with Gasteiger partial charge in [-0.15, -0.1) is 0 Å². The van der Waals surface area contributed by atoms with E-state index in [1.807, 2.05) is 6.92 Å². The van der Waals surface area contributed by atoms with Gasteiger partial charge in [-0.3, -0.25) is 4.79 Å². The Bertz CT molecular complexity index is 385. The first-order chi connectivity index (χ1) is 7.11. The Morgan fingerprint density at radius 2 is 2.20 bits per heavy atom. The van der Waals surface area contributed by atoms with E-state index in [9.17, 15) is 9.90 Å². The minimum atomic E-state index is -0.185. The first-order valence-corrected chi connectivity index (χ1v) is 5.39. The van der Waals surface area contributed by atoms with E-state index >= 15 is 0 Å². The van der Waals surface area contributed by atoms with Gasteiger partial charge >= 0.3 is 0 Å². The van der Waals surface area contributed by atoms with Crippen LogP contribution in [-0.2, 0) is 0 Å². The Balaban J connectivity index is 3.14. The molecule has 4 heteroatoms. The van der Waals surface area contributed by atoms with Crippen molar-refractivity contribution in [2.24, 2.45) is 0 Å². The number of hydrogen-bond acceptors (Lipinski definition) is 3. The molecule has 1 heterocycles. The second-order valence-corrected chi connectivity index (χ2v) is 3.76. The van der Waals surface area contributed by atoms with Gasteiger partial charge in [-0.25, -0.2) is 4.68 Å². The van der Waals surface area contributed by atoms with Gasteiger partial charge in [0.25, 0.3) is 5.56 Å². The van der Waals surface area contributed by atoms with Crippen LogP contribution in [0.4, 0.5) is 0 Å². The van der Waals surface area contributed by atoms with Crippen LogP contribution in [-0.4, -0.2) is 14.9 Å². The van der Waals surface area contributed by atoms with Gasteiger partial charge in [0, 0.05) is 0 Å². The van der Waals surface area contributed by atoms with Gasteiger partial charge in [0.2, 0.25) is 0 Å². The molecule has 0 radical (unpaired) electrons.